The number of aryl methyl sites for hydroxylation is 1. The van der Waals surface area contributed by atoms with Crippen molar-refractivity contribution in [1.29, 1.82) is 0 Å². The second kappa shape index (κ2) is 11.1. The molecule has 0 atom stereocenters. The van der Waals surface area contributed by atoms with E-state index in [0.717, 1.165) is 67.3 Å². The maximum atomic E-state index is 6.98. The largest absolute Gasteiger partial charge is 0.454 e. The van der Waals surface area contributed by atoms with E-state index in [9.17, 15) is 0 Å². The summed E-state index contributed by atoms with van der Waals surface area (Å²) in [6.07, 6.45) is 0. The predicted molar refractivity (Wildman–Crippen MR) is 217 cm³/mol. The van der Waals surface area contributed by atoms with Crippen LogP contribution in [-0.2, 0) is 0 Å². The number of benzene rings is 8. The van der Waals surface area contributed by atoms with Crippen LogP contribution in [0.1, 0.15) is 5.56 Å². The highest BCUT2D eigenvalue weighted by Crippen LogP contribution is 2.45. The van der Waals surface area contributed by atoms with Gasteiger partial charge in [-0.05, 0) is 101 Å². The second-order valence-corrected chi connectivity index (χ2v) is 13.8. The van der Waals surface area contributed by atoms with Crippen molar-refractivity contribution in [2.45, 2.75) is 6.92 Å². The molecule has 0 bridgehead atoms. The zero-order chi connectivity index (χ0) is 34.3. The maximum absolute atomic E-state index is 6.98. The van der Waals surface area contributed by atoms with Gasteiger partial charge in [-0.2, -0.15) is 0 Å². The molecule has 0 saturated carbocycles. The number of nitrogens with zero attached hydrogens (tertiary/aromatic N) is 2. The lowest BCUT2D eigenvalue weighted by molar-refractivity contribution is 0.481. The molecule has 0 saturated heterocycles. The monoisotopic (exact) mass is 666 g/mol. The molecule has 0 aliphatic carbocycles. The van der Waals surface area contributed by atoms with Crippen molar-refractivity contribution in [3.63, 3.8) is 0 Å². The van der Waals surface area contributed by atoms with Gasteiger partial charge in [0, 0.05) is 51.0 Å². The highest BCUT2D eigenvalue weighted by Gasteiger charge is 2.43. The molecule has 244 valence electrons. The lowest BCUT2D eigenvalue weighted by Gasteiger charge is -2.40. The van der Waals surface area contributed by atoms with Gasteiger partial charge < -0.3 is 19.0 Å². The Kier molecular flexibility index (Phi) is 6.23. The highest BCUT2D eigenvalue weighted by molar-refractivity contribution is 7.00. The van der Waals surface area contributed by atoms with Crippen molar-refractivity contribution in [3.05, 3.63) is 175 Å². The molecule has 11 rings (SSSR count). The molecule has 4 nitrogen and oxygen atoms in total. The molecule has 5 heteroatoms. The van der Waals surface area contributed by atoms with Crippen LogP contribution in [-0.4, -0.2) is 6.71 Å². The van der Waals surface area contributed by atoms with Crippen molar-refractivity contribution in [3.8, 4) is 11.5 Å². The van der Waals surface area contributed by atoms with E-state index in [1.54, 1.807) is 0 Å². The summed E-state index contributed by atoms with van der Waals surface area (Å²) in [5, 5.41) is 4.57. The summed E-state index contributed by atoms with van der Waals surface area (Å²) in [6, 6.07) is 60.5. The Morgan fingerprint density at radius 3 is 2.10 bits per heavy atom. The number of hydrogen-bond donors (Lipinski definition) is 0. The van der Waals surface area contributed by atoms with Crippen molar-refractivity contribution in [2.24, 2.45) is 0 Å². The molecule has 0 radical (unpaired) electrons. The summed E-state index contributed by atoms with van der Waals surface area (Å²) in [7, 11) is 0. The van der Waals surface area contributed by atoms with Gasteiger partial charge >= 0.3 is 0 Å². The van der Waals surface area contributed by atoms with Crippen molar-refractivity contribution in [2.75, 3.05) is 9.80 Å². The number of anilines is 6. The topological polar surface area (TPSA) is 28.9 Å². The van der Waals surface area contributed by atoms with Gasteiger partial charge in [0.15, 0.2) is 11.3 Å². The van der Waals surface area contributed by atoms with Crippen LogP contribution in [0, 0.1) is 6.92 Å². The lowest BCUT2D eigenvalue weighted by atomic mass is 9.33. The van der Waals surface area contributed by atoms with Crippen molar-refractivity contribution >= 4 is 89.9 Å². The quantitative estimate of drug-likeness (QED) is 0.175. The van der Waals surface area contributed by atoms with Gasteiger partial charge in [-0.15, -0.1) is 0 Å². The molecule has 1 aromatic heterocycles. The number of ether oxygens (including phenoxy) is 1. The van der Waals surface area contributed by atoms with Crippen LogP contribution < -0.4 is 30.9 Å². The molecular formula is C47H31BN2O2. The van der Waals surface area contributed by atoms with Gasteiger partial charge in [0.1, 0.15) is 11.3 Å². The molecule has 0 spiro atoms. The summed E-state index contributed by atoms with van der Waals surface area (Å²) >= 11 is 0. The van der Waals surface area contributed by atoms with E-state index in [1.165, 1.54) is 32.9 Å². The number of fused-ring (bicyclic) bond motifs is 10. The first-order valence-electron chi connectivity index (χ1n) is 17.8. The Morgan fingerprint density at radius 2 is 1.25 bits per heavy atom. The molecule has 0 unspecified atom stereocenters. The molecule has 8 aromatic carbocycles. The fraction of sp³-hybridized carbons (Fsp3) is 0.0213. The van der Waals surface area contributed by atoms with Crippen LogP contribution in [0.4, 0.5) is 34.1 Å². The zero-order valence-electron chi connectivity index (χ0n) is 28.5. The van der Waals surface area contributed by atoms with Gasteiger partial charge in [0.25, 0.3) is 6.71 Å². The number of hydrogen-bond acceptors (Lipinski definition) is 4. The third-order valence-corrected chi connectivity index (χ3v) is 10.8. The first kappa shape index (κ1) is 29.1. The smallest absolute Gasteiger partial charge is 0.257 e. The normalized spacial score (nSPS) is 12.8. The molecule has 52 heavy (non-hydrogen) atoms. The Bertz CT molecular complexity index is 2850. The molecule has 2 aliphatic heterocycles. The Labute approximate surface area is 301 Å². The van der Waals surface area contributed by atoms with E-state index < -0.39 is 0 Å². The van der Waals surface area contributed by atoms with E-state index >= 15 is 0 Å². The zero-order valence-corrected chi connectivity index (χ0v) is 28.5. The van der Waals surface area contributed by atoms with Gasteiger partial charge in [-0.25, -0.2) is 0 Å². The summed E-state index contributed by atoms with van der Waals surface area (Å²) in [4.78, 5) is 4.66. The average molecular weight is 667 g/mol. The Hall–Kier alpha value is -6.72. The minimum atomic E-state index is -0.0423. The summed E-state index contributed by atoms with van der Waals surface area (Å²) in [5.41, 5.74) is 13.0. The van der Waals surface area contributed by atoms with E-state index in [-0.39, 0.29) is 6.71 Å². The summed E-state index contributed by atoms with van der Waals surface area (Å²) in [5.74, 6) is 1.65. The second-order valence-electron chi connectivity index (χ2n) is 13.8. The highest BCUT2D eigenvalue weighted by atomic mass is 16.5. The van der Waals surface area contributed by atoms with Crippen LogP contribution in [0.3, 0.4) is 0 Å². The molecule has 2 aliphatic rings. The molecular weight excluding hydrogens is 635 g/mol. The van der Waals surface area contributed by atoms with Crippen LogP contribution in [0.2, 0.25) is 0 Å². The van der Waals surface area contributed by atoms with Crippen LogP contribution >= 0.6 is 0 Å². The van der Waals surface area contributed by atoms with Gasteiger partial charge in [-0.1, -0.05) is 103 Å². The Morgan fingerprint density at radius 1 is 0.538 bits per heavy atom. The molecule has 9 aromatic rings. The average Bonchev–Trinajstić information content (AvgIpc) is 3.58. The Balaban J connectivity index is 1.13. The number of rotatable bonds is 4. The summed E-state index contributed by atoms with van der Waals surface area (Å²) < 4.78 is 13.9. The standard InChI is InChI=1S/C47H31BN2O2/c1-30-19-22-34(23-20-30)49(32-12-4-2-5-13-32)35-24-25-37-38-26-27-39-47(46(38)52-43(37)29-35)51-42-18-10-17-40-45(42)48(39)44-36-16-9-8-11-31(36)21-28-41(44)50(40)33-14-6-3-7-15-33/h2-29H,1H3. The van der Waals surface area contributed by atoms with E-state index in [4.69, 9.17) is 9.15 Å². The van der Waals surface area contributed by atoms with Crippen molar-refractivity contribution < 1.29 is 9.15 Å². The molecule has 3 heterocycles. The van der Waals surface area contributed by atoms with Crippen molar-refractivity contribution in [1.82, 2.24) is 0 Å². The number of furan rings is 1. The van der Waals surface area contributed by atoms with Gasteiger partial charge in [0.2, 0.25) is 0 Å². The minimum Gasteiger partial charge on any atom is -0.454 e. The lowest BCUT2D eigenvalue weighted by Crippen LogP contribution is -2.59. The van der Waals surface area contributed by atoms with Crippen LogP contribution in [0.25, 0.3) is 32.7 Å². The minimum absolute atomic E-state index is 0.0423. The van der Waals surface area contributed by atoms with Crippen LogP contribution in [0.5, 0.6) is 11.5 Å². The third kappa shape index (κ3) is 4.23. The maximum Gasteiger partial charge on any atom is 0.257 e. The van der Waals surface area contributed by atoms with E-state index in [2.05, 4.69) is 187 Å². The fourth-order valence-corrected chi connectivity index (χ4v) is 8.45. The molecule has 0 amide bonds. The third-order valence-electron chi connectivity index (χ3n) is 10.8. The van der Waals surface area contributed by atoms with Crippen LogP contribution in [0.15, 0.2) is 174 Å². The summed E-state index contributed by atoms with van der Waals surface area (Å²) in [6.45, 7) is 2.08. The first-order valence-corrected chi connectivity index (χ1v) is 17.8. The van der Waals surface area contributed by atoms with E-state index in [1.807, 2.05) is 0 Å². The predicted octanol–water partition coefficient (Wildman–Crippen LogP) is 10.9. The molecule has 0 fully saturated rings. The SMILES string of the molecule is Cc1ccc(N(c2ccccc2)c2ccc3c(c2)oc2c4c(ccc23)B2c3c(cccc3N(c3ccccc3)c3ccc5ccccc5c32)O4)cc1. The van der Waals surface area contributed by atoms with Gasteiger partial charge in [-0.3, -0.25) is 0 Å². The fourth-order valence-electron chi connectivity index (χ4n) is 8.45. The number of para-hydroxylation sites is 2. The van der Waals surface area contributed by atoms with E-state index in [0.29, 0.717) is 0 Å². The van der Waals surface area contributed by atoms with Gasteiger partial charge in [0.05, 0.1) is 0 Å². The first-order chi connectivity index (χ1) is 25.7. The molecule has 0 N–H and O–H groups in total.